The fraction of sp³-hybridized carbons (Fsp3) is 0. The molecule has 0 aliphatic rings. The summed E-state index contributed by atoms with van der Waals surface area (Å²) in [4.78, 5) is 2.39. The van der Waals surface area contributed by atoms with E-state index in [4.69, 9.17) is 8.83 Å². The average Bonchev–Trinajstić information content (AvgIpc) is 3.86. The van der Waals surface area contributed by atoms with Gasteiger partial charge in [-0.1, -0.05) is 146 Å². The zero-order chi connectivity index (χ0) is 38.9. The molecular weight excluding hydrogens is 719 g/mol. The first-order chi connectivity index (χ1) is 29.2. The van der Waals surface area contributed by atoms with E-state index in [0.29, 0.717) is 0 Å². The topological polar surface area (TPSA) is 29.5 Å². The molecule has 0 N–H and O–H groups in total. The van der Waals surface area contributed by atoms with Crippen LogP contribution in [0.15, 0.2) is 221 Å². The molecule has 0 spiro atoms. The Labute approximate surface area is 340 Å². The van der Waals surface area contributed by atoms with E-state index in [-0.39, 0.29) is 0 Å². The van der Waals surface area contributed by atoms with Gasteiger partial charge in [0, 0.05) is 27.4 Å². The Balaban J connectivity index is 1.02. The number of nitrogens with zero attached hydrogens (tertiary/aromatic N) is 1. The van der Waals surface area contributed by atoms with E-state index in [1.165, 1.54) is 38.2 Å². The highest BCUT2D eigenvalue weighted by Gasteiger charge is 2.22. The van der Waals surface area contributed by atoms with Crippen LogP contribution in [0.5, 0.6) is 0 Å². The van der Waals surface area contributed by atoms with Crippen molar-refractivity contribution in [3.63, 3.8) is 0 Å². The Morgan fingerprint density at radius 2 is 0.864 bits per heavy atom. The van der Waals surface area contributed by atoms with Gasteiger partial charge in [0.25, 0.3) is 0 Å². The lowest BCUT2D eigenvalue weighted by Gasteiger charge is -2.28. The molecule has 10 aromatic carbocycles. The lowest BCUT2D eigenvalue weighted by atomic mass is 9.95. The van der Waals surface area contributed by atoms with Gasteiger partial charge in [-0.05, 0) is 116 Å². The fourth-order valence-electron chi connectivity index (χ4n) is 9.04. The Hall–Kier alpha value is -7.88. The van der Waals surface area contributed by atoms with Gasteiger partial charge in [0.2, 0.25) is 0 Å². The Morgan fingerprint density at radius 1 is 0.288 bits per heavy atom. The lowest BCUT2D eigenvalue weighted by Crippen LogP contribution is -2.11. The molecule has 0 radical (unpaired) electrons. The summed E-state index contributed by atoms with van der Waals surface area (Å²) in [6.07, 6.45) is 0. The van der Waals surface area contributed by atoms with Crippen molar-refractivity contribution < 1.29 is 8.83 Å². The van der Waals surface area contributed by atoms with Gasteiger partial charge in [-0.3, -0.25) is 0 Å². The van der Waals surface area contributed by atoms with Crippen LogP contribution in [0.2, 0.25) is 0 Å². The largest absolute Gasteiger partial charge is 0.456 e. The van der Waals surface area contributed by atoms with Crippen molar-refractivity contribution >= 4 is 82.5 Å². The maximum atomic E-state index is 6.45. The molecule has 2 heterocycles. The zero-order valence-electron chi connectivity index (χ0n) is 32.0. The standard InChI is InChI=1S/C56H35NO2/c1-2-14-40-35-55-49(33-39(40)13-1)48-34-42(28-31-53(48)59-55)46-19-5-7-22-50(46)57(51-23-11-25-54-56(51)47-20-6-8-24-52(47)58-54)43-29-26-36(27-30-43)38-16-9-17-41(32-38)45-21-10-15-37-12-3-4-18-44(37)45/h1-35H. The van der Waals surface area contributed by atoms with Gasteiger partial charge in [0.1, 0.15) is 22.3 Å². The summed E-state index contributed by atoms with van der Waals surface area (Å²) in [7, 11) is 0. The molecule has 0 aliphatic carbocycles. The lowest BCUT2D eigenvalue weighted by molar-refractivity contribution is 0.669. The smallest absolute Gasteiger partial charge is 0.137 e. The number of fused-ring (bicyclic) bond motifs is 8. The quantitative estimate of drug-likeness (QED) is 0.169. The number of rotatable bonds is 6. The second-order valence-corrected chi connectivity index (χ2v) is 15.3. The number of para-hydroxylation sites is 2. The molecule has 276 valence electrons. The molecule has 12 rings (SSSR count). The molecule has 0 aliphatic heterocycles. The molecular formula is C56H35NO2. The first kappa shape index (κ1) is 33.3. The van der Waals surface area contributed by atoms with Crippen LogP contribution < -0.4 is 4.90 Å². The van der Waals surface area contributed by atoms with E-state index in [2.05, 4.69) is 205 Å². The Morgan fingerprint density at radius 3 is 1.76 bits per heavy atom. The maximum Gasteiger partial charge on any atom is 0.137 e. The molecule has 2 aromatic heterocycles. The number of hydrogen-bond donors (Lipinski definition) is 0. The van der Waals surface area contributed by atoms with Crippen molar-refractivity contribution in [2.75, 3.05) is 4.90 Å². The summed E-state index contributed by atoms with van der Waals surface area (Å²) in [5.74, 6) is 0. The SMILES string of the molecule is c1cc(-c2ccc(N(c3ccccc3-c3ccc4oc5cc6ccccc6cc5c4c3)c3cccc4oc5ccccc5c34)cc2)cc(-c2cccc3ccccc23)c1. The molecule has 0 saturated heterocycles. The van der Waals surface area contributed by atoms with Crippen molar-refractivity contribution in [3.05, 3.63) is 212 Å². The molecule has 3 heteroatoms. The second kappa shape index (κ2) is 13.4. The van der Waals surface area contributed by atoms with E-state index in [0.717, 1.165) is 77.6 Å². The van der Waals surface area contributed by atoms with Crippen LogP contribution in [0.25, 0.3) is 98.8 Å². The van der Waals surface area contributed by atoms with Gasteiger partial charge >= 0.3 is 0 Å². The van der Waals surface area contributed by atoms with Crippen LogP contribution in [-0.2, 0) is 0 Å². The van der Waals surface area contributed by atoms with Gasteiger partial charge in [-0.25, -0.2) is 0 Å². The fourth-order valence-corrected chi connectivity index (χ4v) is 9.04. The van der Waals surface area contributed by atoms with E-state index in [9.17, 15) is 0 Å². The van der Waals surface area contributed by atoms with E-state index in [1.54, 1.807) is 0 Å². The third-order valence-electron chi connectivity index (χ3n) is 11.8. The van der Waals surface area contributed by atoms with Crippen molar-refractivity contribution in [2.45, 2.75) is 0 Å². The van der Waals surface area contributed by atoms with Crippen LogP contribution in [0, 0.1) is 0 Å². The van der Waals surface area contributed by atoms with E-state index in [1.807, 2.05) is 12.1 Å². The zero-order valence-corrected chi connectivity index (χ0v) is 32.0. The summed E-state index contributed by atoms with van der Waals surface area (Å²) < 4.78 is 12.9. The van der Waals surface area contributed by atoms with Gasteiger partial charge in [-0.15, -0.1) is 0 Å². The number of furan rings is 2. The van der Waals surface area contributed by atoms with Gasteiger partial charge in [0.15, 0.2) is 0 Å². The molecule has 3 nitrogen and oxygen atoms in total. The number of hydrogen-bond acceptors (Lipinski definition) is 3. The molecule has 0 amide bonds. The first-order valence-electron chi connectivity index (χ1n) is 20.1. The second-order valence-electron chi connectivity index (χ2n) is 15.3. The Bertz CT molecular complexity index is 3570. The number of benzene rings is 10. The van der Waals surface area contributed by atoms with Gasteiger partial charge in [-0.2, -0.15) is 0 Å². The maximum absolute atomic E-state index is 6.45. The Kier molecular flexibility index (Phi) is 7.54. The third kappa shape index (κ3) is 5.51. The van der Waals surface area contributed by atoms with Gasteiger partial charge < -0.3 is 13.7 Å². The van der Waals surface area contributed by atoms with Crippen LogP contribution in [0.1, 0.15) is 0 Å². The highest BCUT2D eigenvalue weighted by atomic mass is 16.3. The molecule has 0 bridgehead atoms. The summed E-state index contributed by atoms with van der Waals surface area (Å²) in [6.45, 7) is 0. The normalized spacial score (nSPS) is 11.7. The molecule has 0 unspecified atom stereocenters. The molecule has 0 atom stereocenters. The van der Waals surface area contributed by atoms with Crippen molar-refractivity contribution in [1.29, 1.82) is 0 Å². The summed E-state index contributed by atoms with van der Waals surface area (Å²) in [5.41, 5.74) is 13.6. The predicted molar refractivity (Wildman–Crippen MR) is 247 cm³/mol. The van der Waals surface area contributed by atoms with Crippen LogP contribution in [0.4, 0.5) is 17.1 Å². The minimum atomic E-state index is 0.853. The minimum absolute atomic E-state index is 0.853. The monoisotopic (exact) mass is 753 g/mol. The third-order valence-corrected chi connectivity index (χ3v) is 11.8. The van der Waals surface area contributed by atoms with Crippen molar-refractivity contribution in [1.82, 2.24) is 0 Å². The summed E-state index contributed by atoms with van der Waals surface area (Å²) in [6, 6.07) is 75.8. The van der Waals surface area contributed by atoms with Crippen molar-refractivity contribution in [2.24, 2.45) is 0 Å². The molecule has 0 saturated carbocycles. The predicted octanol–water partition coefficient (Wildman–Crippen LogP) is 16.3. The highest BCUT2D eigenvalue weighted by molar-refractivity contribution is 6.15. The minimum Gasteiger partial charge on any atom is -0.456 e. The molecule has 12 aromatic rings. The molecule has 59 heavy (non-hydrogen) atoms. The first-order valence-corrected chi connectivity index (χ1v) is 20.1. The van der Waals surface area contributed by atoms with E-state index >= 15 is 0 Å². The number of anilines is 3. The molecule has 0 fully saturated rings. The summed E-state index contributed by atoms with van der Waals surface area (Å²) >= 11 is 0. The van der Waals surface area contributed by atoms with E-state index < -0.39 is 0 Å². The average molecular weight is 754 g/mol. The summed E-state index contributed by atoms with van der Waals surface area (Å²) in [5, 5.41) is 9.24. The van der Waals surface area contributed by atoms with Gasteiger partial charge in [0.05, 0.1) is 16.8 Å². The van der Waals surface area contributed by atoms with Crippen LogP contribution in [-0.4, -0.2) is 0 Å². The van der Waals surface area contributed by atoms with Crippen molar-refractivity contribution in [3.8, 4) is 33.4 Å². The highest BCUT2D eigenvalue weighted by Crippen LogP contribution is 2.47. The van der Waals surface area contributed by atoms with Crippen LogP contribution in [0.3, 0.4) is 0 Å². The van der Waals surface area contributed by atoms with Crippen LogP contribution >= 0.6 is 0 Å².